The molecule has 34 heavy (non-hydrogen) atoms. The fraction of sp³-hybridized carbons (Fsp3) is 0.400. The van der Waals surface area contributed by atoms with E-state index >= 15 is 0 Å². The van der Waals surface area contributed by atoms with Crippen LogP contribution in [0.3, 0.4) is 0 Å². The van der Waals surface area contributed by atoms with Crippen LogP contribution in [0.4, 0.5) is 0 Å². The Hall–Kier alpha value is -2.98. The first-order valence-electron chi connectivity index (χ1n) is 12.3. The third-order valence-corrected chi connectivity index (χ3v) is 6.98. The van der Waals surface area contributed by atoms with Crippen LogP contribution in [0.2, 0.25) is 0 Å². The molecule has 0 aromatic heterocycles. The fourth-order valence-corrected chi connectivity index (χ4v) is 5.14. The molecule has 4 rings (SSSR count). The zero-order valence-corrected chi connectivity index (χ0v) is 21.1. The van der Waals surface area contributed by atoms with Crippen molar-refractivity contribution in [1.29, 1.82) is 0 Å². The molecule has 180 valence electrons. The van der Waals surface area contributed by atoms with Gasteiger partial charge in [-0.3, -0.25) is 0 Å². The minimum Gasteiger partial charge on any atom is -0.497 e. The molecule has 3 aromatic rings. The first kappa shape index (κ1) is 24.2. The Morgan fingerprint density at radius 2 is 1.53 bits per heavy atom. The van der Waals surface area contributed by atoms with E-state index in [0.29, 0.717) is 6.61 Å². The van der Waals surface area contributed by atoms with Crippen molar-refractivity contribution in [2.75, 3.05) is 33.4 Å². The summed E-state index contributed by atoms with van der Waals surface area (Å²) in [7, 11) is 1.69. The van der Waals surface area contributed by atoms with E-state index in [4.69, 9.17) is 14.2 Å². The number of ether oxygens (including phenoxy) is 3. The van der Waals surface area contributed by atoms with Gasteiger partial charge in [0.2, 0.25) is 0 Å². The molecule has 0 radical (unpaired) electrons. The summed E-state index contributed by atoms with van der Waals surface area (Å²) in [6.07, 6.45) is 0. The van der Waals surface area contributed by atoms with Gasteiger partial charge in [-0.1, -0.05) is 62.4 Å². The highest BCUT2D eigenvalue weighted by molar-refractivity contribution is 5.52. The van der Waals surface area contributed by atoms with E-state index in [1.807, 2.05) is 12.1 Å². The smallest absolute Gasteiger partial charge is 0.127 e. The number of hydrogen-bond donors (Lipinski definition) is 0. The Labute approximate surface area is 204 Å². The molecule has 2 atom stereocenters. The summed E-state index contributed by atoms with van der Waals surface area (Å²) in [5.74, 6) is 2.92. The van der Waals surface area contributed by atoms with Gasteiger partial charge in [0.25, 0.3) is 0 Å². The molecule has 0 fully saturated rings. The summed E-state index contributed by atoms with van der Waals surface area (Å²) >= 11 is 0. The van der Waals surface area contributed by atoms with Gasteiger partial charge < -0.3 is 19.1 Å². The molecule has 0 bridgehead atoms. The van der Waals surface area contributed by atoms with Crippen LogP contribution in [0.1, 0.15) is 56.2 Å². The van der Waals surface area contributed by atoms with Gasteiger partial charge in [-0.15, -0.1) is 0 Å². The standard InChI is InChI=1S/C30H37NO3/c1-6-31(7-2)19-20-33-24-15-13-22(14-16-24)28-26-18-17-25(32-5)21-27(26)34-30(3,4)29(28)23-11-9-8-10-12-23/h8-18,21,28-29H,6-7,19-20H2,1-5H3/t28-,29?/m1/s1. The first-order valence-corrected chi connectivity index (χ1v) is 12.3. The SMILES string of the molecule is CCN(CC)CCOc1ccc([C@@H]2c3ccc(OC)cc3OC(C)(C)C2c2ccccc2)cc1. The molecule has 3 aromatic carbocycles. The van der Waals surface area contributed by atoms with Crippen LogP contribution in [-0.2, 0) is 0 Å². The number of fused-ring (bicyclic) bond motifs is 1. The van der Waals surface area contributed by atoms with Gasteiger partial charge in [0.15, 0.2) is 0 Å². The van der Waals surface area contributed by atoms with E-state index in [1.54, 1.807) is 7.11 Å². The predicted octanol–water partition coefficient (Wildman–Crippen LogP) is 6.50. The lowest BCUT2D eigenvalue weighted by Gasteiger charge is -2.45. The summed E-state index contributed by atoms with van der Waals surface area (Å²) in [5, 5.41) is 0. The summed E-state index contributed by atoms with van der Waals surface area (Å²) in [6, 6.07) is 25.5. The van der Waals surface area contributed by atoms with Crippen LogP contribution in [-0.4, -0.2) is 43.9 Å². The Morgan fingerprint density at radius 3 is 2.18 bits per heavy atom. The van der Waals surface area contributed by atoms with Crippen LogP contribution >= 0.6 is 0 Å². The summed E-state index contributed by atoms with van der Waals surface area (Å²) in [5.41, 5.74) is 3.32. The van der Waals surface area contributed by atoms with Crippen molar-refractivity contribution < 1.29 is 14.2 Å². The monoisotopic (exact) mass is 459 g/mol. The molecular formula is C30H37NO3. The maximum absolute atomic E-state index is 6.59. The molecule has 1 aliphatic heterocycles. The van der Waals surface area contributed by atoms with E-state index < -0.39 is 5.60 Å². The van der Waals surface area contributed by atoms with Gasteiger partial charge in [0.1, 0.15) is 29.5 Å². The highest BCUT2D eigenvalue weighted by Gasteiger charge is 2.45. The lowest BCUT2D eigenvalue weighted by atomic mass is 9.68. The second kappa shape index (κ2) is 10.5. The number of methoxy groups -OCH3 is 1. The van der Waals surface area contributed by atoms with E-state index in [-0.39, 0.29) is 11.8 Å². The van der Waals surface area contributed by atoms with Gasteiger partial charge in [-0.25, -0.2) is 0 Å². The molecule has 1 aliphatic rings. The zero-order valence-electron chi connectivity index (χ0n) is 21.1. The largest absolute Gasteiger partial charge is 0.497 e. The van der Waals surface area contributed by atoms with E-state index in [0.717, 1.165) is 36.9 Å². The second-order valence-corrected chi connectivity index (χ2v) is 9.42. The summed E-state index contributed by atoms with van der Waals surface area (Å²) in [6.45, 7) is 12.5. The van der Waals surface area contributed by atoms with E-state index in [9.17, 15) is 0 Å². The maximum atomic E-state index is 6.59. The third-order valence-electron chi connectivity index (χ3n) is 6.98. The second-order valence-electron chi connectivity index (χ2n) is 9.42. The van der Waals surface area contributed by atoms with Gasteiger partial charge in [0.05, 0.1) is 7.11 Å². The molecular weight excluding hydrogens is 422 g/mol. The highest BCUT2D eigenvalue weighted by atomic mass is 16.5. The number of rotatable bonds is 9. The number of benzene rings is 3. The normalized spacial score (nSPS) is 18.8. The predicted molar refractivity (Wildman–Crippen MR) is 138 cm³/mol. The van der Waals surface area contributed by atoms with Crippen LogP contribution < -0.4 is 14.2 Å². The molecule has 4 nitrogen and oxygen atoms in total. The van der Waals surface area contributed by atoms with Gasteiger partial charge in [-0.05, 0) is 56.3 Å². The molecule has 1 heterocycles. The van der Waals surface area contributed by atoms with Crippen molar-refractivity contribution in [3.8, 4) is 17.2 Å². The maximum Gasteiger partial charge on any atom is 0.127 e. The Morgan fingerprint density at radius 1 is 0.853 bits per heavy atom. The average molecular weight is 460 g/mol. The molecule has 0 N–H and O–H groups in total. The van der Waals surface area contributed by atoms with E-state index in [2.05, 4.69) is 93.3 Å². The molecule has 0 saturated carbocycles. The van der Waals surface area contributed by atoms with Gasteiger partial charge in [-0.2, -0.15) is 0 Å². The Kier molecular flexibility index (Phi) is 7.47. The lowest BCUT2D eigenvalue weighted by molar-refractivity contribution is 0.0528. The number of likely N-dealkylation sites (N-methyl/N-ethyl adjacent to an activating group) is 1. The summed E-state index contributed by atoms with van der Waals surface area (Å²) < 4.78 is 18.1. The van der Waals surface area contributed by atoms with Crippen molar-refractivity contribution in [3.05, 3.63) is 89.5 Å². The first-order chi connectivity index (χ1) is 16.5. The molecule has 4 heteroatoms. The Bertz CT molecular complexity index is 1060. The minimum atomic E-state index is -0.398. The van der Waals surface area contributed by atoms with Crippen molar-refractivity contribution in [1.82, 2.24) is 4.90 Å². The van der Waals surface area contributed by atoms with Crippen molar-refractivity contribution in [2.45, 2.75) is 45.1 Å². The molecule has 0 aliphatic carbocycles. The fourth-order valence-electron chi connectivity index (χ4n) is 5.14. The van der Waals surface area contributed by atoms with Crippen molar-refractivity contribution >= 4 is 0 Å². The van der Waals surface area contributed by atoms with Crippen LogP contribution in [0.15, 0.2) is 72.8 Å². The third kappa shape index (κ3) is 5.07. The number of nitrogens with zero attached hydrogens (tertiary/aromatic N) is 1. The van der Waals surface area contributed by atoms with Gasteiger partial charge >= 0.3 is 0 Å². The molecule has 0 saturated heterocycles. The topological polar surface area (TPSA) is 30.9 Å². The van der Waals surface area contributed by atoms with Crippen LogP contribution in [0.5, 0.6) is 17.2 Å². The molecule has 1 unspecified atom stereocenters. The number of hydrogen-bond acceptors (Lipinski definition) is 4. The average Bonchev–Trinajstić information content (AvgIpc) is 2.86. The van der Waals surface area contributed by atoms with E-state index in [1.165, 1.54) is 16.7 Å². The zero-order chi connectivity index (χ0) is 24.1. The summed E-state index contributed by atoms with van der Waals surface area (Å²) in [4.78, 5) is 2.37. The minimum absolute atomic E-state index is 0.150. The quantitative estimate of drug-likeness (QED) is 0.365. The molecule has 0 spiro atoms. The van der Waals surface area contributed by atoms with Crippen LogP contribution in [0, 0.1) is 0 Å². The van der Waals surface area contributed by atoms with Gasteiger partial charge in [0, 0.05) is 30.0 Å². The van der Waals surface area contributed by atoms with Crippen LogP contribution in [0.25, 0.3) is 0 Å². The van der Waals surface area contributed by atoms with Crippen molar-refractivity contribution in [3.63, 3.8) is 0 Å². The Balaban J connectivity index is 1.68. The lowest BCUT2D eigenvalue weighted by Crippen LogP contribution is -2.43. The highest BCUT2D eigenvalue weighted by Crippen LogP contribution is 2.53. The molecule has 0 amide bonds. The van der Waals surface area contributed by atoms with Crippen molar-refractivity contribution in [2.24, 2.45) is 0 Å².